The fraction of sp³-hybridized carbons (Fsp3) is 0.550. The van der Waals surface area contributed by atoms with E-state index in [0.29, 0.717) is 31.8 Å². The average Bonchev–Trinajstić information content (AvgIpc) is 2.79. The van der Waals surface area contributed by atoms with Crippen molar-refractivity contribution in [1.29, 1.82) is 0 Å². The van der Waals surface area contributed by atoms with Gasteiger partial charge in [0.25, 0.3) is 5.91 Å². The van der Waals surface area contributed by atoms with Gasteiger partial charge in [-0.3, -0.25) is 9.78 Å². The summed E-state index contributed by atoms with van der Waals surface area (Å²) in [6.45, 7) is 3.34. The monoisotopic (exact) mass is 449 g/mol. The Hall–Kier alpha value is -2.34. The maximum absolute atomic E-state index is 12.4. The second kappa shape index (κ2) is 9.43. The molecule has 0 atom stereocenters. The molecule has 0 spiro atoms. The molecule has 4 heterocycles. The predicted molar refractivity (Wildman–Crippen MR) is 115 cm³/mol. The van der Waals surface area contributed by atoms with Crippen LogP contribution in [0.25, 0.3) is 10.9 Å². The Bertz CT molecular complexity index is 1030. The summed E-state index contributed by atoms with van der Waals surface area (Å²) >= 11 is 0. The van der Waals surface area contributed by atoms with Crippen molar-refractivity contribution in [2.24, 2.45) is 5.73 Å². The molecule has 2 aliphatic rings. The van der Waals surface area contributed by atoms with E-state index in [1.54, 1.807) is 24.5 Å². The number of sulfonamides is 1. The highest BCUT2D eigenvalue weighted by atomic mass is 32.2. The number of morpholine rings is 1. The Balaban J connectivity index is 1.33. The fourth-order valence-electron chi connectivity index (χ4n) is 3.93. The van der Waals surface area contributed by atoms with Crippen molar-refractivity contribution in [3.63, 3.8) is 0 Å². The molecule has 0 saturated carbocycles. The van der Waals surface area contributed by atoms with Gasteiger partial charge >= 0.3 is 0 Å². The van der Waals surface area contributed by atoms with E-state index in [9.17, 15) is 13.2 Å². The van der Waals surface area contributed by atoms with Crippen LogP contribution < -0.4 is 10.6 Å². The van der Waals surface area contributed by atoms with E-state index in [0.717, 1.165) is 37.0 Å². The Kier molecular flexibility index (Phi) is 6.65. The number of rotatable bonds is 7. The molecular weight excluding hydrogens is 422 g/mol. The SMILES string of the molecule is NC(=O)c1ccc2cncc(N3CCC(OCCS(=O)(=O)N4CCOCC4)CC3)c2n1. The van der Waals surface area contributed by atoms with Crippen molar-refractivity contribution in [2.75, 3.05) is 56.7 Å². The molecule has 2 fully saturated rings. The third-order valence-corrected chi connectivity index (χ3v) is 7.51. The lowest BCUT2D eigenvalue weighted by Crippen LogP contribution is -2.43. The van der Waals surface area contributed by atoms with Crippen molar-refractivity contribution in [1.82, 2.24) is 14.3 Å². The first-order chi connectivity index (χ1) is 14.9. The fourth-order valence-corrected chi connectivity index (χ4v) is 5.20. The highest BCUT2D eigenvalue weighted by Gasteiger charge is 2.26. The number of aromatic nitrogens is 2. The van der Waals surface area contributed by atoms with E-state index in [-0.39, 0.29) is 24.2 Å². The van der Waals surface area contributed by atoms with Crippen LogP contribution in [0.2, 0.25) is 0 Å². The summed E-state index contributed by atoms with van der Waals surface area (Å²) < 4.78 is 37.4. The largest absolute Gasteiger partial charge is 0.379 e. The molecule has 0 unspecified atom stereocenters. The number of hydrogen-bond donors (Lipinski definition) is 1. The summed E-state index contributed by atoms with van der Waals surface area (Å²) in [5.41, 5.74) is 7.15. The summed E-state index contributed by atoms with van der Waals surface area (Å²) in [6.07, 6.45) is 5.00. The van der Waals surface area contributed by atoms with Gasteiger partial charge in [-0.1, -0.05) is 0 Å². The van der Waals surface area contributed by atoms with E-state index < -0.39 is 15.9 Å². The van der Waals surface area contributed by atoms with Gasteiger partial charge in [-0.2, -0.15) is 4.31 Å². The van der Waals surface area contributed by atoms with E-state index in [4.69, 9.17) is 15.2 Å². The maximum Gasteiger partial charge on any atom is 0.267 e. The zero-order chi connectivity index (χ0) is 21.8. The molecule has 1 amide bonds. The van der Waals surface area contributed by atoms with Gasteiger partial charge in [-0.25, -0.2) is 13.4 Å². The molecule has 2 N–H and O–H groups in total. The third-order valence-electron chi connectivity index (χ3n) is 5.67. The van der Waals surface area contributed by atoms with E-state index in [1.807, 2.05) is 0 Å². The molecule has 2 aromatic heterocycles. The Labute approximate surface area is 181 Å². The number of anilines is 1. The number of fused-ring (bicyclic) bond motifs is 1. The number of nitrogens with two attached hydrogens (primary N) is 1. The number of piperidine rings is 1. The number of ether oxygens (including phenoxy) is 2. The number of hydrogen-bond acceptors (Lipinski definition) is 8. The van der Waals surface area contributed by atoms with Crippen molar-refractivity contribution in [3.8, 4) is 0 Å². The first-order valence-electron chi connectivity index (χ1n) is 10.4. The molecule has 2 aliphatic heterocycles. The number of carbonyl (C=O) groups is 1. The number of carbonyl (C=O) groups excluding carboxylic acids is 1. The quantitative estimate of drug-likeness (QED) is 0.642. The minimum atomic E-state index is -3.31. The van der Waals surface area contributed by atoms with E-state index in [1.165, 1.54) is 4.31 Å². The molecule has 4 rings (SSSR count). The summed E-state index contributed by atoms with van der Waals surface area (Å²) in [7, 11) is -3.31. The van der Waals surface area contributed by atoms with Crippen molar-refractivity contribution in [3.05, 3.63) is 30.2 Å². The van der Waals surface area contributed by atoms with Gasteiger partial charge in [-0.15, -0.1) is 0 Å². The third kappa shape index (κ3) is 5.12. The van der Waals surface area contributed by atoms with Crippen molar-refractivity contribution >= 4 is 32.5 Å². The van der Waals surface area contributed by atoms with Crippen LogP contribution in [0.15, 0.2) is 24.5 Å². The predicted octanol–water partition coefficient (Wildman–Crippen LogP) is 0.376. The standard InChI is InChI=1S/C20H27N5O5S/c21-20(26)17-2-1-15-13-22-14-18(19(15)23-17)24-5-3-16(4-6-24)30-11-12-31(27,28)25-7-9-29-10-8-25/h1-2,13-14,16H,3-12H2,(H2,21,26). The van der Waals surface area contributed by atoms with Crippen molar-refractivity contribution in [2.45, 2.75) is 18.9 Å². The molecule has 11 heteroatoms. The van der Waals surface area contributed by atoms with Gasteiger partial charge in [0.2, 0.25) is 10.0 Å². The van der Waals surface area contributed by atoms with Crippen LogP contribution in [0.3, 0.4) is 0 Å². The first-order valence-corrected chi connectivity index (χ1v) is 12.0. The average molecular weight is 450 g/mol. The van der Waals surface area contributed by atoms with Crippen LogP contribution in [0.1, 0.15) is 23.3 Å². The molecule has 2 saturated heterocycles. The molecule has 10 nitrogen and oxygen atoms in total. The topological polar surface area (TPSA) is 128 Å². The van der Waals surface area contributed by atoms with Gasteiger partial charge in [-0.05, 0) is 25.0 Å². The maximum atomic E-state index is 12.4. The molecule has 168 valence electrons. The zero-order valence-electron chi connectivity index (χ0n) is 17.3. The van der Waals surface area contributed by atoms with Gasteiger partial charge in [0.1, 0.15) is 5.69 Å². The van der Waals surface area contributed by atoms with Gasteiger partial charge in [0, 0.05) is 37.8 Å². The van der Waals surface area contributed by atoms with Crippen LogP contribution in [-0.4, -0.2) is 86.5 Å². The van der Waals surface area contributed by atoms with E-state index >= 15 is 0 Å². The summed E-state index contributed by atoms with van der Waals surface area (Å²) in [6, 6.07) is 3.39. The van der Waals surface area contributed by atoms with Gasteiger partial charge < -0.3 is 20.1 Å². The molecule has 0 bridgehead atoms. The summed E-state index contributed by atoms with van der Waals surface area (Å²) in [5.74, 6) is -0.580. The molecule has 2 aromatic rings. The van der Waals surface area contributed by atoms with E-state index in [2.05, 4.69) is 14.9 Å². The number of amides is 1. The summed E-state index contributed by atoms with van der Waals surface area (Å²) in [4.78, 5) is 22.4. The van der Waals surface area contributed by atoms with Gasteiger partial charge in [0.15, 0.2) is 0 Å². The molecule has 31 heavy (non-hydrogen) atoms. The minimum absolute atomic E-state index is 0.00761. The normalized spacial score (nSPS) is 19.0. The van der Waals surface area contributed by atoms with Crippen LogP contribution in [0.5, 0.6) is 0 Å². The molecule has 0 radical (unpaired) electrons. The minimum Gasteiger partial charge on any atom is -0.379 e. The van der Waals surface area contributed by atoms with Crippen molar-refractivity contribution < 1.29 is 22.7 Å². The number of primary amides is 1. The summed E-state index contributed by atoms with van der Waals surface area (Å²) in [5, 5.41) is 0.842. The highest BCUT2D eigenvalue weighted by Crippen LogP contribution is 2.27. The first kappa shape index (κ1) is 21.9. The smallest absolute Gasteiger partial charge is 0.267 e. The van der Waals surface area contributed by atoms with Crippen LogP contribution in [0, 0.1) is 0 Å². The Morgan fingerprint density at radius 2 is 1.90 bits per heavy atom. The lowest BCUT2D eigenvalue weighted by molar-refractivity contribution is 0.0453. The lowest BCUT2D eigenvalue weighted by Gasteiger charge is -2.34. The lowest BCUT2D eigenvalue weighted by atomic mass is 10.1. The zero-order valence-corrected chi connectivity index (χ0v) is 18.1. The number of pyridine rings is 2. The second-order valence-electron chi connectivity index (χ2n) is 7.68. The number of nitrogens with zero attached hydrogens (tertiary/aromatic N) is 4. The van der Waals surface area contributed by atoms with Crippen LogP contribution >= 0.6 is 0 Å². The Morgan fingerprint density at radius 3 is 2.61 bits per heavy atom. The van der Waals surface area contributed by atoms with Crippen LogP contribution in [0.4, 0.5) is 5.69 Å². The molecular formula is C20H27N5O5S. The Morgan fingerprint density at radius 1 is 1.16 bits per heavy atom. The van der Waals surface area contributed by atoms with Crippen LogP contribution in [-0.2, 0) is 19.5 Å². The molecule has 0 aliphatic carbocycles. The second-order valence-corrected chi connectivity index (χ2v) is 9.76. The van der Waals surface area contributed by atoms with Gasteiger partial charge in [0.05, 0.1) is 49.1 Å². The highest BCUT2D eigenvalue weighted by molar-refractivity contribution is 7.89. The molecule has 0 aromatic carbocycles.